The minimum atomic E-state index is -4.47. The lowest BCUT2D eigenvalue weighted by Crippen LogP contribution is -2.14. The number of nitrogens with two attached hydrogens (primary N) is 1. The average Bonchev–Trinajstić information content (AvgIpc) is 2.63. The van der Waals surface area contributed by atoms with Gasteiger partial charge in [0.05, 0.1) is 5.56 Å². The molecule has 1 atom stereocenters. The molecule has 0 amide bonds. The third-order valence-electron chi connectivity index (χ3n) is 3.55. The first kappa shape index (κ1) is 22.7. The SMILES string of the molecule is CCCCN.O=C(O)COC(c1ccccc1)c1cccc(C(F)(F)F)c1. The molecular formula is C20H24F3NO3. The Morgan fingerprint density at radius 1 is 1.11 bits per heavy atom. The highest BCUT2D eigenvalue weighted by atomic mass is 19.4. The van der Waals surface area contributed by atoms with Crippen LogP contribution in [0, 0.1) is 0 Å². The lowest BCUT2D eigenvalue weighted by atomic mass is 9.99. The van der Waals surface area contributed by atoms with Crippen LogP contribution in [0.1, 0.15) is 42.6 Å². The molecule has 0 spiro atoms. The lowest BCUT2D eigenvalue weighted by Gasteiger charge is -2.19. The Bertz CT molecular complexity index is 688. The first-order valence-corrected chi connectivity index (χ1v) is 8.55. The molecule has 0 aliphatic heterocycles. The van der Waals surface area contributed by atoms with Crippen molar-refractivity contribution in [3.63, 3.8) is 0 Å². The smallest absolute Gasteiger partial charge is 0.416 e. The molecule has 0 saturated carbocycles. The zero-order valence-corrected chi connectivity index (χ0v) is 15.1. The van der Waals surface area contributed by atoms with Crippen LogP contribution in [0.15, 0.2) is 54.6 Å². The molecule has 3 N–H and O–H groups in total. The summed E-state index contributed by atoms with van der Waals surface area (Å²) in [4.78, 5) is 10.7. The minimum Gasteiger partial charge on any atom is -0.480 e. The van der Waals surface area contributed by atoms with E-state index in [1.807, 2.05) is 0 Å². The van der Waals surface area contributed by atoms with E-state index in [2.05, 4.69) is 6.92 Å². The third-order valence-corrected chi connectivity index (χ3v) is 3.55. The van der Waals surface area contributed by atoms with Crippen molar-refractivity contribution in [3.05, 3.63) is 71.3 Å². The predicted octanol–water partition coefficient (Wildman–Crippen LogP) is 4.64. The molecule has 7 heteroatoms. The van der Waals surface area contributed by atoms with E-state index >= 15 is 0 Å². The first-order chi connectivity index (χ1) is 12.8. The topological polar surface area (TPSA) is 72.6 Å². The molecule has 0 heterocycles. The summed E-state index contributed by atoms with van der Waals surface area (Å²) in [6, 6.07) is 13.2. The van der Waals surface area contributed by atoms with Crippen LogP contribution in [0.5, 0.6) is 0 Å². The molecule has 0 aliphatic rings. The van der Waals surface area contributed by atoms with Crippen LogP contribution in [-0.2, 0) is 15.7 Å². The lowest BCUT2D eigenvalue weighted by molar-refractivity contribution is -0.144. The average molecular weight is 383 g/mol. The van der Waals surface area contributed by atoms with Crippen molar-refractivity contribution in [2.24, 2.45) is 5.73 Å². The maximum absolute atomic E-state index is 12.8. The Labute approximate surface area is 156 Å². The predicted molar refractivity (Wildman–Crippen MR) is 97.3 cm³/mol. The molecule has 1 unspecified atom stereocenters. The van der Waals surface area contributed by atoms with Gasteiger partial charge in [-0.3, -0.25) is 0 Å². The summed E-state index contributed by atoms with van der Waals surface area (Å²) in [7, 11) is 0. The van der Waals surface area contributed by atoms with E-state index < -0.39 is 30.4 Å². The molecule has 2 aromatic carbocycles. The summed E-state index contributed by atoms with van der Waals surface area (Å²) in [5.41, 5.74) is 5.18. The number of rotatable bonds is 7. The van der Waals surface area contributed by atoms with E-state index in [1.54, 1.807) is 30.3 Å². The summed E-state index contributed by atoms with van der Waals surface area (Å²) in [5, 5.41) is 8.74. The second-order valence-electron chi connectivity index (χ2n) is 5.76. The van der Waals surface area contributed by atoms with E-state index in [-0.39, 0.29) is 5.56 Å². The van der Waals surface area contributed by atoms with Gasteiger partial charge in [-0.2, -0.15) is 13.2 Å². The number of hydrogen-bond donors (Lipinski definition) is 2. The van der Waals surface area contributed by atoms with Crippen LogP contribution in [0.4, 0.5) is 13.2 Å². The van der Waals surface area contributed by atoms with Gasteiger partial charge in [0.25, 0.3) is 0 Å². The van der Waals surface area contributed by atoms with Gasteiger partial charge in [-0.25, -0.2) is 4.79 Å². The fourth-order valence-electron chi connectivity index (χ4n) is 2.25. The summed E-state index contributed by atoms with van der Waals surface area (Å²) in [6.07, 6.45) is -2.96. The summed E-state index contributed by atoms with van der Waals surface area (Å²) < 4.78 is 43.7. The maximum atomic E-state index is 12.8. The van der Waals surface area contributed by atoms with E-state index in [1.165, 1.54) is 25.0 Å². The van der Waals surface area contributed by atoms with Crippen LogP contribution in [0.2, 0.25) is 0 Å². The largest absolute Gasteiger partial charge is 0.480 e. The van der Waals surface area contributed by atoms with Crippen molar-refractivity contribution in [3.8, 4) is 0 Å². The van der Waals surface area contributed by atoms with Crippen LogP contribution >= 0.6 is 0 Å². The summed E-state index contributed by atoms with van der Waals surface area (Å²) in [5.74, 6) is -1.19. The van der Waals surface area contributed by atoms with Gasteiger partial charge in [-0.15, -0.1) is 0 Å². The quantitative estimate of drug-likeness (QED) is 0.731. The monoisotopic (exact) mass is 383 g/mol. The van der Waals surface area contributed by atoms with E-state index in [0.29, 0.717) is 5.56 Å². The Balaban J connectivity index is 0.000000646. The Kier molecular flexibility index (Phi) is 9.53. The van der Waals surface area contributed by atoms with Crippen LogP contribution < -0.4 is 5.73 Å². The zero-order chi connectivity index (χ0) is 20.3. The standard InChI is InChI=1S/C16H13F3O3.C4H11N/c17-16(18,19)13-8-4-7-12(9-13)15(22-10-14(20)21)11-5-2-1-3-6-11;1-2-3-4-5/h1-9,15H,10H2,(H,20,21);2-5H2,1H3. The van der Waals surface area contributed by atoms with Gasteiger partial charge < -0.3 is 15.6 Å². The highest BCUT2D eigenvalue weighted by Crippen LogP contribution is 2.33. The van der Waals surface area contributed by atoms with Crippen molar-refractivity contribution in [2.75, 3.05) is 13.2 Å². The number of benzene rings is 2. The first-order valence-electron chi connectivity index (χ1n) is 8.55. The van der Waals surface area contributed by atoms with Gasteiger partial charge in [0.2, 0.25) is 0 Å². The molecule has 2 aromatic rings. The zero-order valence-electron chi connectivity index (χ0n) is 15.1. The fourth-order valence-corrected chi connectivity index (χ4v) is 2.25. The number of hydrogen-bond acceptors (Lipinski definition) is 3. The van der Waals surface area contributed by atoms with Gasteiger partial charge >= 0.3 is 12.1 Å². The molecule has 148 valence electrons. The van der Waals surface area contributed by atoms with E-state index in [4.69, 9.17) is 15.6 Å². The molecule has 0 radical (unpaired) electrons. The number of unbranched alkanes of at least 4 members (excludes halogenated alkanes) is 1. The summed E-state index contributed by atoms with van der Waals surface area (Å²) in [6.45, 7) is 2.37. The summed E-state index contributed by atoms with van der Waals surface area (Å²) >= 11 is 0. The molecule has 0 aromatic heterocycles. The van der Waals surface area contributed by atoms with Crippen LogP contribution in [-0.4, -0.2) is 24.2 Å². The molecule has 0 saturated heterocycles. The van der Waals surface area contributed by atoms with Gasteiger partial charge in [-0.1, -0.05) is 55.8 Å². The van der Waals surface area contributed by atoms with Crippen molar-refractivity contribution in [1.29, 1.82) is 0 Å². The molecule has 0 bridgehead atoms. The van der Waals surface area contributed by atoms with Crippen molar-refractivity contribution in [1.82, 2.24) is 0 Å². The number of aliphatic carboxylic acids is 1. The minimum absolute atomic E-state index is 0.252. The molecule has 0 fully saturated rings. The molecule has 4 nitrogen and oxygen atoms in total. The third kappa shape index (κ3) is 8.23. The van der Waals surface area contributed by atoms with Crippen molar-refractivity contribution in [2.45, 2.75) is 32.0 Å². The normalized spacial score (nSPS) is 12.0. The fraction of sp³-hybridized carbons (Fsp3) is 0.350. The molecule has 27 heavy (non-hydrogen) atoms. The molecule has 2 rings (SSSR count). The Morgan fingerprint density at radius 2 is 1.74 bits per heavy atom. The maximum Gasteiger partial charge on any atom is 0.416 e. The number of carbonyl (C=O) groups is 1. The van der Waals surface area contributed by atoms with Crippen LogP contribution in [0.25, 0.3) is 0 Å². The van der Waals surface area contributed by atoms with Gasteiger partial charge in [-0.05, 0) is 36.2 Å². The highest BCUT2D eigenvalue weighted by Gasteiger charge is 2.31. The van der Waals surface area contributed by atoms with Crippen LogP contribution in [0.3, 0.4) is 0 Å². The number of carboxylic acids is 1. The second-order valence-corrected chi connectivity index (χ2v) is 5.76. The number of ether oxygens (including phenoxy) is 1. The number of halogens is 3. The van der Waals surface area contributed by atoms with Crippen molar-refractivity contribution < 1.29 is 27.8 Å². The number of carboxylic acid groups (broad SMARTS) is 1. The second kappa shape index (κ2) is 11.4. The number of alkyl halides is 3. The van der Waals surface area contributed by atoms with Gasteiger partial charge in [0.1, 0.15) is 12.7 Å². The van der Waals surface area contributed by atoms with Gasteiger partial charge in [0.15, 0.2) is 0 Å². The molecule has 0 aliphatic carbocycles. The highest BCUT2D eigenvalue weighted by molar-refractivity contribution is 5.68. The van der Waals surface area contributed by atoms with Gasteiger partial charge in [0, 0.05) is 0 Å². The Hall–Kier alpha value is -2.38. The van der Waals surface area contributed by atoms with E-state index in [9.17, 15) is 18.0 Å². The Morgan fingerprint density at radius 3 is 2.22 bits per heavy atom. The molecular weight excluding hydrogens is 359 g/mol. The van der Waals surface area contributed by atoms with Crippen molar-refractivity contribution >= 4 is 5.97 Å². The van der Waals surface area contributed by atoms with E-state index in [0.717, 1.165) is 18.7 Å².